The van der Waals surface area contributed by atoms with E-state index in [9.17, 15) is 0 Å². The van der Waals surface area contributed by atoms with Crippen molar-refractivity contribution in [3.63, 3.8) is 0 Å². The molecule has 2 aliphatic heterocycles. The van der Waals surface area contributed by atoms with Crippen molar-refractivity contribution >= 4 is 17.3 Å². The fourth-order valence-corrected chi connectivity index (χ4v) is 3.78. The molecular weight excluding hydrogens is 270 g/mol. The summed E-state index contributed by atoms with van der Waals surface area (Å²) >= 11 is 6.12. The van der Waals surface area contributed by atoms with Crippen LogP contribution in [0.2, 0.25) is 5.02 Å². The number of halogens is 1. The van der Waals surface area contributed by atoms with Crippen molar-refractivity contribution in [3.05, 3.63) is 28.8 Å². The van der Waals surface area contributed by atoms with E-state index in [-0.39, 0.29) is 0 Å². The molecule has 1 atom stereocenters. The van der Waals surface area contributed by atoms with Crippen LogP contribution in [-0.4, -0.2) is 43.7 Å². The maximum atomic E-state index is 6.12. The molecule has 110 valence electrons. The van der Waals surface area contributed by atoms with E-state index in [0.29, 0.717) is 6.54 Å². The van der Waals surface area contributed by atoms with Crippen LogP contribution in [0.15, 0.2) is 18.2 Å². The summed E-state index contributed by atoms with van der Waals surface area (Å²) in [6, 6.07) is 6.98. The standard InChI is InChI=1S/C16H24ClN3/c17-14-3-4-16(13(11-14)5-7-18)20-10-6-15(12-20)19-8-1-2-9-19/h3-4,11,15H,1-2,5-10,12,18H2. The monoisotopic (exact) mass is 293 g/mol. The Labute approximate surface area is 126 Å². The molecule has 2 heterocycles. The molecule has 20 heavy (non-hydrogen) atoms. The first-order valence-electron chi connectivity index (χ1n) is 7.75. The lowest BCUT2D eigenvalue weighted by molar-refractivity contribution is 0.260. The Hall–Kier alpha value is -0.770. The van der Waals surface area contributed by atoms with Crippen LogP contribution in [0.5, 0.6) is 0 Å². The average Bonchev–Trinajstić information content (AvgIpc) is 3.10. The van der Waals surface area contributed by atoms with Crippen molar-refractivity contribution < 1.29 is 0 Å². The summed E-state index contributed by atoms with van der Waals surface area (Å²) in [4.78, 5) is 5.18. The fraction of sp³-hybridized carbons (Fsp3) is 0.625. The minimum absolute atomic E-state index is 0.677. The van der Waals surface area contributed by atoms with Gasteiger partial charge in [0.05, 0.1) is 0 Å². The highest BCUT2D eigenvalue weighted by molar-refractivity contribution is 6.30. The Morgan fingerprint density at radius 1 is 1.20 bits per heavy atom. The van der Waals surface area contributed by atoms with Gasteiger partial charge in [-0.1, -0.05) is 11.6 Å². The summed E-state index contributed by atoms with van der Waals surface area (Å²) in [5.74, 6) is 0. The van der Waals surface area contributed by atoms with Gasteiger partial charge in [0.25, 0.3) is 0 Å². The highest BCUT2D eigenvalue weighted by Crippen LogP contribution is 2.30. The van der Waals surface area contributed by atoms with Gasteiger partial charge in [-0.25, -0.2) is 0 Å². The molecule has 2 fully saturated rings. The van der Waals surface area contributed by atoms with E-state index in [1.54, 1.807) is 0 Å². The Morgan fingerprint density at radius 2 is 2.00 bits per heavy atom. The lowest BCUT2D eigenvalue weighted by atomic mass is 10.1. The van der Waals surface area contributed by atoms with Crippen LogP contribution in [0.25, 0.3) is 0 Å². The van der Waals surface area contributed by atoms with Crippen molar-refractivity contribution in [2.45, 2.75) is 31.7 Å². The second-order valence-electron chi connectivity index (χ2n) is 5.94. The number of anilines is 1. The van der Waals surface area contributed by atoms with Crippen LogP contribution in [0.1, 0.15) is 24.8 Å². The van der Waals surface area contributed by atoms with Gasteiger partial charge in [-0.3, -0.25) is 4.90 Å². The molecule has 0 aromatic heterocycles. The van der Waals surface area contributed by atoms with Crippen LogP contribution in [0, 0.1) is 0 Å². The van der Waals surface area contributed by atoms with E-state index in [0.717, 1.165) is 30.6 Å². The van der Waals surface area contributed by atoms with Crippen molar-refractivity contribution in [1.82, 2.24) is 4.90 Å². The number of likely N-dealkylation sites (tertiary alicyclic amines) is 1. The molecule has 2 N–H and O–H groups in total. The zero-order valence-corrected chi connectivity index (χ0v) is 12.8. The lowest BCUT2D eigenvalue weighted by Crippen LogP contribution is -2.35. The third kappa shape index (κ3) is 2.95. The molecule has 0 aliphatic carbocycles. The Balaban J connectivity index is 1.73. The maximum absolute atomic E-state index is 6.12. The van der Waals surface area contributed by atoms with Gasteiger partial charge in [-0.05, 0) is 69.1 Å². The number of nitrogens with zero attached hydrogens (tertiary/aromatic N) is 2. The van der Waals surface area contributed by atoms with E-state index >= 15 is 0 Å². The number of nitrogens with two attached hydrogens (primary N) is 1. The lowest BCUT2D eigenvalue weighted by Gasteiger charge is -2.26. The molecular formula is C16H24ClN3. The fourth-order valence-electron chi connectivity index (χ4n) is 3.58. The first kappa shape index (κ1) is 14.2. The molecule has 0 radical (unpaired) electrons. The second kappa shape index (κ2) is 6.33. The number of benzene rings is 1. The summed E-state index contributed by atoms with van der Waals surface area (Å²) in [7, 11) is 0. The van der Waals surface area contributed by atoms with E-state index in [4.69, 9.17) is 17.3 Å². The molecule has 3 rings (SSSR count). The van der Waals surface area contributed by atoms with E-state index in [1.807, 2.05) is 6.07 Å². The zero-order chi connectivity index (χ0) is 13.9. The van der Waals surface area contributed by atoms with Crippen LogP contribution >= 0.6 is 11.6 Å². The largest absolute Gasteiger partial charge is 0.370 e. The molecule has 4 heteroatoms. The van der Waals surface area contributed by atoms with Crippen molar-refractivity contribution in [1.29, 1.82) is 0 Å². The van der Waals surface area contributed by atoms with Gasteiger partial charge in [-0.2, -0.15) is 0 Å². The number of hydrogen-bond donors (Lipinski definition) is 1. The number of hydrogen-bond acceptors (Lipinski definition) is 3. The molecule has 2 aliphatic rings. The molecule has 3 nitrogen and oxygen atoms in total. The van der Waals surface area contributed by atoms with Crippen molar-refractivity contribution in [2.24, 2.45) is 5.73 Å². The SMILES string of the molecule is NCCc1cc(Cl)ccc1N1CCC(N2CCCC2)C1. The van der Waals surface area contributed by atoms with Gasteiger partial charge < -0.3 is 10.6 Å². The van der Waals surface area contributed by atoms with E-state index in [2.05, 4.69) is 21.9 Å². The number of rotatable bonds is 4. The minimum Gasteiger partial charge on any atom is -0.370 e. The minimum atomic E-state index is 0.677. The van der Waals surface area contributed by atoms with Crippen molar-refractivity contribution in [2.75, 3.05) is 37.6 Å². The van der Waals surface area contributed by atoms with E-state index < -0.39 is 0 Å². The van der Waals surface area contributed by atoms with Gasteiger partial charge in [0, 0.05) is 29.8 Å². The molecule has 0 amide bonds. The predicted molar refractivity (Wildman–Crippen MR) is 85.6 cm³/mol. The van der Waals surface area contributed by atoms with Crippen LogP contribution in [0.3, 0.4) is 0 Å². The third-order valence-corrected chi connectivity index (χ3v) is 4.85. The molecule has 1 aromatic carbocycles. The summed E-state index contributed by atoms with van der Waals surface area (Å²) in [6.07, 6.45) is 4.93. The Morgan fingerprint density at radius 3 is 2.75 bits per heavy atom. The van der Waals surface area contributed by atoms with Crippen LogP contribution in [-0.2, 0) is 6.42 Å². The van der Waals surface area contributed by atoms with Gasteiger partial charge in [0.1, 0.15) is 0 Å². The van der Waals surface area contributed by atoms with Crippen LogP contribution in [0.4, 0.5) is 5.69 Å². The summed E-state index contributed by atoms with van der Waals surface area (Å²) in [5.41, 5.74) is 8.36. The van der Waals surface area contributed by atoms with Gasteiger partial charge in [0.15, 0.2) is 0 Å². The quantitative estimate of drug-likeness (QED) is 0.926. The zero-order valence-electron chi connectivity index (χ0n) is 12.0. The molecule has 1 aromatic rings. The molecule has 0 saturated carbocycles. The maximum Gasteiger partial charge on any atom is 0.0410 e. The summed E-state index contributed by atoms with van der Waals surface area (Å²) in [6.45, 7) is 5.56. The molecule has 1 unspecified atom stereocenters. The van der Waals surface area contributed by atoms with Gasteiger partial charge in [0.2, 0.25) is 0 Å². The van der Waals surface area contributed by atoms with Gasteiger partial charge in [-0.15, -0.1) is 0 Å². The molecule has 0 bridgehead atoms. The summed E-state index contributed by atoms with van der Waals surface area (Å²) < 4.78 is 0. The highest BCUT2D eigenvalue weighted by Gasteiger charge is 2.30. The summed E-state index contributed by atoms with van der Waals surface area (Å²) in [5, 5.41) is 0.812. The topological polar surface area (TPSA) is 32.5 Å². The highest BCUT2D eigenvalue weighted by atomic mass is 35.5. The smallest absolute Gasteiger partial charge is 0.0410 e. The first-order valence-corrected chi connectivity index (χ1v) is 8.13. The van der Waals surface area contributed by atoms with Crippen LogP contribution < -0.4 is 10.6 Å². The first-order chi connectivity index (χ1) is 9.78. The van der Waals surface area contributed by atoms with E-state index in [1.165, 1.54) is 43.6 Å². The third-order valence-electron chi connectivity index (χ3n) is 4.62. The predicted octanol–water partition coefficient (Wildman–Crippen LogP) is 2.52. The normalized spacial score (nSPS) is 23.7. The van der Waals surface area contributed by atoms with Crippen molar-refractivity contribution in [3.8, 4) is 0 Å². The Kier molecular flexibility index (Phi) is 4.49. The Bertz CT molecular complexity index is 457. The molecule has 2 saturated heterocycles. The average molecular weight is 294 g/mol. The van der Waals surface area contributed by atoms with Gasteiger partial charge >= 0.3 is 0 Å². The molecule has 0 spiro atoms. The second-order valence-corrected chi connectivity index (χ2v) is 6.38.